The molecule has 1 aliphatic heterocycles. The Morgan fingerprint density at radius 3 is 2.75 bits per heavy atom. The van der Waals surface area contributed by atoms with Gasteiger partial charge in [-0.15, -0.1) is 0 Å². The topological polar surface area (TPSA) is 33.2 Å². The number of fused-ring (bicyclic) bond motifs is 2. The van der Waals surface area contributed by atoms with Gasteiger partial charge in [0, 0.05) is 24.7 Å². The van der Waals surface area contributed by atoms with Crippen LogP contribution in [0.15, 0.2) is 65.8 Å². The van der Waals surface area contributed by atoms with Gasteiger partial charge in [-0.25, -0.2) is 4.98 Å². The number of amides is 1. The molecule has 4 heteroatoms. The van der Waals surface area contributed by atoms with Crippen LogP contribution in [0.3, 0.4) is 0 Å². The largest absolute Gasteiger partial charge is 0.337 e. The van der Waals surface area contributed by atoms with E-state index in [0.717, 1.165) is 35.3 Å². The first-order valence-electron chi connectivity index (χ1n) is 8.12. The van der Waals surface area contributed by atoms with E-state index in [1.54, 1.807) is 0 Å². The van der Waals surface area contributed by atoms with E-state index in [0.29, 0.717) is 5.75 Å². The molecule has 2 heterocycles. The molecule has 0 N–H and O–H groups in total. The molecular formula is C20H18N2OS. The number of carbonyl (C=O) groups excluding carboxylic acids is 1. The number of hydrogen-bond donors (Lipinski definition) is 0. The summed E-state index contributed by atoms with van der Waals surface area (Å²) < 4.78 is 0. The molecule has 0 unspecified atom stereocenters. The van der Waals surface area contributed by atoms with E-state index in [2.05, 4.69) is 35.3 Å². The number of nitrogens with zero attached hydrogens (tertiary/aromatic N) is 2. The van der Waals surface area contributed by atoms with Crippen LogP contribution in [0, 0.1) is 0 Å². The second-order valence-corrected chi connectivity index (χ2v) is 6.92. The minimum atomic E-state index is 0.184. The van der Waals surface area contributed by atoms with Crippen LogP contribution in [0.5, 0.6) is 0 Å². The maximum atomic E-state index is 12.6. The second-order valence-electron chi connectivity index (χ2n) is 5.96. The fraction of sp³-hybridized carbons (Fsp3) is 0.200. The Morgan fingerprint density at radius 2 is 1.83 bits per heavy atom. The smallest absolute Gasteiger partial charge is 0.233 e. The number of pyridine rings is 1. The average molecular weight is 334 g/mol. The average Bonchev–Trinajstić information content (AvgIpc) is 2.65. The third-order valence-electron chi connectivity index (χ3n) is 4.45. The van der Waals surface area contributed by atoms with Gasteiger partial charge in [0.05, 0.1) is 5.75 Å². The molecule has 0 saturated heterocycles. The molecule has 0 fully saturated rings. The summed E-state index contributed by atoms with van der Waals surface area (Å²) in [6.07, 6.45) is 2.76. The minimum Gasteiger partial charge on any atom is -0.337 e. The normalized spacial score (nSPS) is 13.8. The molecule has 1 amide bonds. The zero-order chi connectivity index (χ0) is 16.4. The highest BCUT2D eigenvalue weighted by atomic mass is 32.2. The first-order valence-corrected chi connectivity index (χ1v) is 9.11. The molecule has 4 rings (SSSR count). The summed E-state index contributed by atoms with van der Waals surface area (Å²) in [5, 5.41) is 3.20. The minimum absolute atomic E-state index is 0.184. The van der Waals surface area contributed by atoms with Crippen LogP contribution >= 0.6 is 11.8 Å². The number of benzene rings is 2. The van der Waals surface area contributed by atoms with Crippen LogP contribution in [0.1, 0.15) is 11.1 Å². The van der Waals surface area contributed by atoms with Gasteiger partial charge < -0.3 is 4.90 Å². The molecule has 1 aromatic heterocycles. The fourth-order valence-corrected chi connectivity index (χ4v) is 4.06. The Kier molecular flexibility index (Phi) is 4.22. The van der Waals surface area contributed by atoms with Gasteiger partial charge in [-0.1, -0.05) is 60.3 Å². The molecule has 0 spiro atoms. The van der Waals surface area contributed by atoms with Crippen LogP contribution in [0.4, 0.5) is 0 Å². The fourth-order valence-electron chi connectivity index (χ4n) is 3.14. The Hall–Kier alpha value is -2.33. The van der Waals surface area contributed by atoms with Crippen molar-refractivity contribution in [2.45, 2.75) is 18.0 Å². The predicted octanol–water partition coefficient (Wildman–Crippen LogP) is 3.91. The summed E-state index contributed by atoms with van der Waals surface area (Å²) in [4.78, 5) is 19.0. The van der Waals surface area contributed by atoms with Crippen molar-refractivity contribution >= 4 is 28.4 Å². The van der Waals surface area contributed by atoms with Crippen molar-refractivity contribution in [2.24, 2.45) is 0 Å². The number of aromatic nitrogens is 1. The van der Waals surface area contributed by atoms with E-state index >= 15 is 0 Å². The van der Waals surface area contributed by atoms with Gasteiger partial charge >= 0.3 is 0 Å². The summed E-state index contributed by atoms with van der Waals surface area (Å²) in [5.74, 6) is 0.618. The lowest BCUT2D eigenvalue weighted by atomic mass is 10.00. The third-order valence-corrected chi connectivity index (χ3v) is 5.44. The Morgan fingerprint density at radius 1 is 1.04 bits per heavy atom. The highest BCUT2D eigenvalue weighted by Gasteiger charge is 2.20. The van der Waals surface area contributed by atoms with Gasteiger partial charge in [0.15, 0.2) is 0 Å². The van der Waals surface area contributed by atoms with E-state index in [4.69, 9.17) is 0 Å². The molecule has 0 atom stereocenters. The van der Waals surface area contributed by atoms with Crippen LogP contribution in [-0.4, -0.2) is 28.1 Å². The quantitative estimate of drug-likeness (QED) is 0.681. The molecule has 3 aromatic rings. The lowest BCUT2D eigenvalue weighted by molar-refractivity contribution is -0.129. The molecule has 2 aromatic carbocycles. The molecule has 0 bridgehead atoms. The van der Waals surface area contributed by atoms with Crippen molar-refractivity contribution in [1.29, 1.82) is 0 Å². The summed E-state index contributed by atoms with van der Waals surface area (Å²) >= 11 is 1.53. The zero-order valence-electron chi connectivity index (χ0n) is 13.3. The third kappa shape index (κ3) is 3.02. The van der Waals surface area contributed by atoms with Gasteiger partial charge in [-0.05, 0) is 29.0 Å². The van der Waals surface area contributed by atoms with Gasteiger partial charge in [0.1, 0.15) is 5.03 Å². The predicted molar refractivity (Wildman–Crippen MR) is 98.0 cm³/mol. The Bertz CT molecular complexity index is 888. The van der Waals surface area contributed by atoms with E-state index in [1.165, 1.54) is 22.9 Å². The SMILES string of the molecule is O=C(CSc1nccc2ccccc12)N1CCc2ccccc2C1. The van der Waals surface area contributed by atoms with E-state index < -0.39 is 0 Å². The standard InChI is InChI=1S/C20H18N2OS/c23-19(22-12-10-15-5-1-2-7-17(15)13-22)14-24-20-18-8-4-3-6-16(18)9-11-21-20/h1-9,11H,10,12-14H2. The number of rotatable bonds is 3. The summed E-state index contributed by atoms with van der Waals surface area (Å²) in [5.41, 5.74) is 2.63. The molecule has 120 valence electrons. The van der Waals surface area contributed by atoms with Gasteiger partial charge in [-0.3, -0.25) is 4.79 Å². The monoisotopic (exact) mass is 334 g/mol. The maximum absolute atomic E-state index is 12.6. The maximum Gasteiger partial charge on any atom is 0.233 e. The zero-order valence-corrected chi connectivity index (χ0v) is 14.1. The summed E-state index contributed by atoms with van der Waals surface area (Å²) in [7, 11) is 0. The van der Waals surface area contributed by atoms with Crippen LogP contribution in [0.25, 0.3) is 10.8 Å². The Labute approximate surface area is 145 Å². The van der Waals surface area contributed by atoms with Crippen molar-refractivity contribution in [2.75, 3.05) is 12.3 Å². The van der Waals surface area contributed by atoms with Gasteiger partial charge in [0.2, 0.25) is 5.91 Å². The van der Waals surface area contributed by atoms with Gasteiger partial charge in [0.25, 0.3) is 0 Å². The highest BCUT2D eigenvalue weighted by molar-refractivity contribution is 8.00. The van der Waals surface area contributed by atoms with E-state index in [9.17, 15) is 4.79 Å². The first-order chi connectivity index (χ1) is 11.8. The van der Waals surface area contributed by atoms with Gasteiger partial charge in [-0.2, -0.15) is 0 Å². The highest BCUT2D eigenvalue weighted by Crippen LogP contribution is 2.26. The molecule has 0 radical (unpaired) electrons. The molecule has 1 aliphatic rings. The van der Waals surface area contributed by atoms with E-state index in [1.807, 2.05) is 35.4 Å². The number of hydrogen-bond acceptors (Lipinski definition) is 3. The summed E-state index contributed by atoms with van der Waals surface area (Å²) in [6, 6.07) is 18.6. The Balaban J connectivity index is 1.45. The molecular weight excluding hydrogens is 316 g/mol. The van der Waals surface area contributed by atoms with Crippen LogP contribution in [-0.2, 0) is 17.8 Å². The van der Waals surface area contributed by atoms with Crippen LogP contribution in [0.2, 0.25) is 0 Å². The van der Waals surface area contributed by atoms with Crippen molar-refractivity contribution in [3.05, 3.63) is 71.9 Å². The molecule has 24 heavy (non-hydrogen) atoms. The second kappa shape index (κ2) is 6.65. The van der Waals surface area contributed by atoms with Crippen molar-refractivity contribution in [3.63, 3.8) is 0 Å². The van der Waals surface area contributed by atoms with E-state index in [-0.39, 0.29) is 5.91 Å². The molecule has 0 aliphatic carbocycles. The van der Waals surface area contributed by atoms with Crippen molar-refractivity contribution in [1.82, 2.24) is 9.88 Å². The first kappa shape index (κ1) is 15.2. The lowest BCUT2D eigenvalue weighted by Crippen LogP contribution is -2.37. The molecule has 0 saturated carbocycles. The summed E-state index contributed by atoms with van der Waals surface area (Å²) in [6.45, 7) is 1.53. The number of thioether (sulfide) groups is 1. The number of carbonyl (C=O) groups is 1. The van der Waals surface area contributed by atoms with Crippen molar-refractivity contribution < 1.29 is 4.79 Å². The van der Waals surface area contributed by atoms with Crippen LogP contribution < -0.4 is 0 Å². The molecule has 3 nitrogen and oxygen atoms in total. The van der Waals surface area contributed by atoms with Crippen molar-refractivity contribution in [3.8, 4) is 0 Å². The lowest BCUT2D eigenvalue weighted by Gasteiger charge is -2.28.